The van der Waals surface area contributed by atoms with E-state index in [1.54, 1.807) is 6.07 Å². The Labute approximate surface area is 302 Å². The van der Waals surface area contributed by atoms with E-state index >= 15 is 0 Å². The first kappa shape index (κ1) is 34.0. The van der Waals surface area contributed by atoms with Crippen molar-refractivity contribution in [3.05, 3.63) is 70.4 Å². The third-order valence-electron chi connectivity index (χ3n) is 9.85. The Morgan fingerprint density at radius 1 is 0.979 bits per heavy atom. The van der Waals surface area contributed by atoms with Gasteiger partial charge in [0.1, 0.15) is 0 Å². The first-order valence-electron chi connectivity index (χ1n) is 18.0. The number of allylic oxidation sites excluding steroid dienone is 2. The van der Waals surface area contributed by atoms with Gasteiger partial charge in [0.2, 0.25) is 5.71 Å². The Morgan fingerprint density at radius 3 is 2.23 bits per heavy atom. The zero-order chi connectivity index (χ0) is 36.5. The molecule has 0 atom stereocenters. The van der Waals surface area contributed by atoms with Gasteiger partial charge >= 0.3 is 0 Å². The van der Waals surface area contributed by atoms with Crippen LogP contribution in [0.4, 0.5) is 0 Å². The van der Waals surface area contributed by atoms with E-state index in [1.165, 1.54) is 22.6 Å². The molecule has 0 bridgehead atoms. The number of aryl methyl sites for hydroxylation is 2. The summed E-state index contributed by atoms with van der Waals surface area (Å²) >= 11 is 1.81. The molecule has 4 aromatic heterocycles. The van der Waals surface area contributed by atoms with Crippen molar-refractivity contribution in [3.63, 3.8) is 0 Å². The number of furan rings is 1. The molecule has 0 aliphatic carbocycles. The quantitative estimate of drug-likeness (QED) is 0.0909. The van der Waals surface area contributed by atoms with Crippen molar-refractivity contribution >= 4 is 49.4 Å². The Kier molecular flexibility index (Phi) is 11.3. The average molecular weight is 835 g/mol. The molecule has 1 N–H and O–H groups in total. The molecule has 0 amide bonds. The van der Waals surface area contributed by atoms with E-state index in [0.717, 1.165) is 57.9 Å². The molecule has 4 heterocycles. The Bertz CT molecular complexity index is 1980. The summed E-state index contributed by atoms with van der Waals surface area (Å²) in [4.78, 5) is 22.4. The van der Waals surface area contributed by atoms with Crippen molar-refractivity contribution in [3.8, 4) is 11.3 Å². The molecular formula is C40H51IrN2O3S-. The van der Waals surface area contributed by atoms with Crippen molar-refractivity contribution in [2.24, 2.45) is 17.3 Å². The fraction of sp³-hybridized carbons (Fsp3) is 0.475. The fourth-order valence-corrected chi connectivity index (χ4v) is 7.22. The minimum atomic E-state index is -2.29. The van der Waals surface area contributed by atoms with Gasteiger partial charge in [0.25, 0.3) is 0 Å². The first-order chi connectivity index (χ1) is 22.9. The van der Waals surface area contributed by atoms with Gasteiger partial charge in [-0.05, 0) is 74.3 Å². The topological polar surface area (TPSA) is 76.2 Å². The van der Waals surface area contributed by atoms with Gasteiger partial charge in [0.15, 0.2) is 5.78 Å². The van der Waals surface area contributed by atoms with Crippen LogP contribution in [0.15, 0.2) is 52.7 Å². The summed E-state index contributed by atoms with van der Waals surface area (Å²) in [5.41, 5.74) is 4.78. The van der Waals surface area contributed by atoms with E-state index in [9.17, 15) is 9.90 Å². The summed E-state index contributed by atoms with van der Waals surface area (Å²) in [5, 5.41) is 11.4. The second-order valence-corrected chi connectivity index (χ2v) is 14.8. The van der Waals surface area contributed by atoms with Gasteiger partial charge in [-0.2, -0.15) is 0 Å². The Balaban J connectivity index is 0.000000361. The molecule has 0 aliphatic rings. The molecule has 5 aromatic rings. The zero-order valence-electron chi connectivity index (χ0n) is 32.4. The largest absolute Gasteiger partial charge is 0.512 e. The maximum atomic E-state index is 11.7. The van der Waals surface area contributed by atoms with Crippen LogP contribution < -0.4 is 0 Å². The summed E-state index contributed by atoms with van der Waals surface area (Å²) in [6, 6.07) is 14.5. The molecule has 0 saturated heterocycles. The van der Waals surface area contributed by atoms with Crippen LogP contribution in [0.5, 0.6) is 0 Å². The summed E-state index contributed by atoms with van der Waals surface area (Å²) < 4.78 is 30.2. The van der Waals surface area contributed by atoms with Crippen molar-refractivity contribution in [2.45, 2.75) is 107 Å². The number of carbonyl (C=O) groups excluding carboxylic acids is 1. The third kappa shape index (κ3) is 7.90. The number of aromatic nitrogens is 2. The van der Waals surface area contributed by atoms with E-state index in [1.807, 2.05) is 57.2 Å². The van der Waals surface area contributed by atoms with Gasteiger partial charge in [-0.1, -0.05) is 79.3 Å². The number of aliphatic hydroxyl groups excluding tert-OH is 1. The fourth-order valence-electron chi connectivity index (χ4n) is 5.76. The van der Waals surface area contributed by atoms with Gasteiger partial charge in [-0.25, -0.2) is 4.98 Å². The van der Waals surface area contributed by atoms with E-state index in [2.05, 4.69) is 58.7 Å². The number of aliphatic hydroxyl groups is 1. The molecule has 255 valence electrons. The second kappa shape index (κ2) is 15.6. The molecule has 5 rings (SSSR count). The summed E-state index contributed by atoms with van der Waals surface area (Å²) in [7, 11) is 0. The molecule has 1 radical (unpaired) electrons. The van der Waals surface area contributed by atoms with E-state index in [0.29, 0.717) is 11.3 Å². The SMILES string of the molecule is CCC(CC)C(=O)/C=C(\O)C(CC)CC.[2H]C([2H])([2H])c1ccc2c(n1)oc1c(-c3ccc4sc(C(C)(C)C(C)(C)C)c(C)c4n3)[c-]ccc12.[Ir]. The molecule has 0 spiro atoms. The average Bonchev–Trinajstić information content (AvgIpc) is 3.58. The summed E-state index contributed by atoms with van der Waals surface area (Å²) in [5.74, 6) is 0.547. The number of hydrogen-bond donors (Lipinski definition) is 1. The Hall–Kier alpha value is -2.86. The molecule has 1 aromatic carbocycles. The molecular weight excluding hydrogens is 781 g/mol. The van der Waals surface area contributed by atoms with Gasteiger partial charge in [-0.15, -0.1) is 29.5 Å². The molecule has 7 heteroatoms. The molecule has 0 saturated carbocycles. The normalized spacial score (nSPS) is 13.8. The summed E-state index contributed by atoms with van der Waals surface area (Å²) in [6.45, 7) is 19.4. The maximum absolute atomic E-state index is 11.7. The molecule has 0 aliphatic heterocycles. The number of hydrogen-bond acceptors (Lipinski definition) is 6. The van der Waals surface area contributed by atoms with E-state index < -0.39 is 6.85 Å². The van der Waals surface area contributed by atoms with Crippen LogP contribution in [-0.2, 0) is 30.3 Å². The number of ketones is 1. The number of fused-ring (bicyclic) bond motifs is 4. The first-order valence-corrected chi connectivity index (χ1v) is 17.3. The number of nitrogens with zero attached hydrogens (tertiary/aromatic N) is 2. The minimum Gasteiger partial charge on any atom is -0.512 e. The number of benzene rings is 1. The van der Waals surface area contributed by atoms with Gasteiger partial charge in [0, 0.05) is 63.5 Å². The maximum Gasteiger partial charge on any atom is 0.216 e. The Morgan fingerprint density at radius 2 is 1.64 bits per heavy atom. The van der Waals surface area contributed by atoms with Crippen LogP contribution in [0.25, 0.3) is 43.5 Å². The predicted molar refractivity (Wildman–Crippen MR) is 195 cm³/mol. The van der Waals surface area contributed by atoms with E-state index in [-0.39, 0.29) is 60.0 Å². The van der Waals surface area contributed by atoms with Crippen molar-refractivity contribution in [2.75, 3.05) is 0 Å². The molecule has 0 fully saturated rings. The van der Waals surface area contributed by atoms with Crippen LogP contribution in [0.1, 0.15) is 108 Å². The van der Waals surface area contributed by atoms with Gasteiger partial charge in [-0.3, -0.25) is 9.78 Å². The van der Waals surface area contributed by atoms with Gasteiger partial charge < -0.3 is 9.52 Å². The summed E-state index contributed by atoms with van der Waals surface area (Å²) in [6.07, 6.45) is 4.91. The van der Waals surface area contributed by atoms with Gasteiger partial charge in [0.05, 0.1) is 21.6 Å². The molecule has 5 nitrogen and oxygen atoms in total. The third-order valence-corrected chi connectivity index (χ3v) is 11.4. The number of thiophene rings is 1. The van der Waals surface area contributed by atoms with Crippen LogP contribution >= 0.6 is 11.3 Å². The van der Waals surface area contributed by atoms with Crippen LogP contribution in [-0.4, -0.2) is 20.9 Å². The number of pyridine rings is 2. The van der Waals surface area contributed by atoms with Crippen molar-refractivity contribution in [1.29, 1.82) is 0 Å². The van der Waals surface area contributed by atoms with Crippen molar-refractivity contribution in [1.82, 2.24) is 9.97 Å². The van der Waals surface area contributed by atoms with Crippen LogP contribution in [0.3, 0.4) is 0 Å². The molecule has 47 heavy (non-hydrogen) atoms. The monoisotopic (exact) mass is 835 g/mol. The number of carbonyl (C=O) groups is 1. The van der Waals surface area contributed by atoms with E-state index in [4.69, 9.17) is 13.5 Å². The zero-order valence-corrected chi connectivity index (χ0v) is 32.6. The van der Waals surface area contributed by atoms with Crippen molar-refractivity contribution < 1.29 is 38.5 Å². The predicted octanol–water partition coefficient (Wildman–Crippen LogP) is 11.9. The second-order valence-electron chi connectivity index (χ2n) is 13.7. The standard InChI is InChI=1S/C27H27N2OS.C13H24O2.Ir/c1-15-11-12-18-17-9-8-10-19(23(17)30-25(18)28-15)20-13-14-21-22(29-20)16(2)24(31-21)27(6,7)26(3,4)5;1-5-10(6-2)12(14)9-13(15)11(7-3)8-4;/h8-9,11-14H,1-7H3;9-11,14H,5-8H2,1-4H3;/q-1;;/b;12-9-;/i1D3;;. The van der Waals surface area contributed by atoms with Crippen LogP contribution in [0.2, 0.25) is 0 Å². The number of rotatable bonds is 9. The van der Waals surface area contributed by atoms with Crippen LogP contribution in [0, 0.1) is 37.1 Å². The smallest absolute Gasteiger partial charge is 0.216 e. The molecule has 0 unspecified atom stereocenters. The minimum absolute atomic E-state index is 0.